The van der Waals surface area contributed by atoms with Gasteiger partial charge < -0.3 is 5.32 Å². The molecule has 0 aliphatic heterocycles. The lowest BCUT2D eigenvalue weighted by molar-refractivity contribution is 1.08. The molecule has 0 fully saturated rings. The summed E-state index contributed by atoms with van der Waals surface area (Å²) >= 11 is 1.44. The van der Waals surface area contributed by atoms with Crippen LogP contribution in [0.1, 0.15) is 12.6 Å². The summed E-state index contributed by atoms with van der Waals surface area (Å²) in [5.74, 6) is 0.694. The van der Waals surface area contributed by atoms with Crippen LogP contribution in [-0.4, -0.2) is 31.0 Å². The van der Waals surface area contributed by atoms with E-state index in [1.165, 1.54) is 11.5 Å². The van der Waals surface area contributed by atoms with Gasteiger partial charge in [0.1, 0.15) is 5.00 Å². The van der Waals surface area contributed by atoms with Crippen LogP contribution in [0.25, 0.3) is 11.1 Å². The van der Waals surface area contributed by atoms with Crippen LogP contribution < -0.4 is 5.32 Å². The van der Waals surface area contributed by atoms with Gasteiger partial charge in [-0.15, -0.1) is 0 Å². The first-order valence-corrected chi connectivity index (χ1v) is 7.43. The van der Waals surface area contributed by atoms with E-state index >= 15 is 0 Å². The third-order valence-corrected chi connectivity index (χ3v) is 3.70. The van der Waals surface area contributed by atoms with Gasteiger partial charge in [0.25, 0.3) is 0 Å². The molecule has 0 aromatic carbocycles. The summed E-state index contributed by atoms with van der Waals surface area (Å²) in [6.07, 6.45) is 8.89. The number of anilines is 1. The molecule has 3 aromatic heterocycles. The quantitative estimate of drug-likeness (QED) is 0.630. The van der Waals surface area contributed by atoms with Crippen LogP contribution in [0.2, 0.25) is 0 Å². The van der Waals surface area contributed by atoms with Crippen molar-refractivity contribution in [3.8, 4) is 11.1 Å². The average Bonchev–Trinajstić information content (AvgIpc) is 3.20. The molecule has 0 unspecified atom stereocenters. The van der Waals surface area contributed by atoms with Gasteiger partial charge in [-0.05, 0) is 37.5 Å². The Labute approximate surface area is 131 Å². The maximum absolute atomic E-state index is 4.40. The predicted molar refractivity (Wildman–Crippen MR) is 88.6 cm³/mol. The number of nitrogens with zero attached hydrogens (tertiary/aromatic N) is 4. The molecule has 7 nitrogen and oxygen atoms in total. The lowest BCUT2D eigenvalue weighted by Gasteiger charge is -2.00. The molecular weight excluding hydrogens is 298 g/mol. The maximum Gasteiger partial charge on any atom is 0.155 e. The van der Waals surface area contributed by atoms with Crippen LogP contribution in [-0.2, 0) is 0 Å². The van der Waals surface area contributed by atoms with Gasteiger partial charge in [0.15, 0.2) is 5.82 Å². The smallest absolute Gasteiger partial charge is 0.155 e. The third-order valence-electron chi connectivity index (χ3n) is 2.90. The minimum absolute atomic E-state index is 0.694. The number of allylic oxidation sites excluding steroid dienone is 2. The molecule has 0 atom stereocenters. The summed E-state index contributed by atoms with van der Waals surface area (Å²) in [4.78, 5) is 4.40. The van der Waals surface area contributed by atoms with Crippen molar-refractivity contribution >= 4 is 28.6 Å². The zero-order valence-electron chi connectivity index (χ0n) is 12.2. The zero-order chi connectivity index (χ0) is 15.4. The Kier molecular flexibility index (Phi) is 4.10. The van der Waals surface area contributed by atoms with Gasteiger partial charge in [-0.2, -0.15) is 14.6 Å². The SMILES string of the molecule is C/C(=C\C=N/c1[nH]ncc1-c1cn[nH]c1)Nc1cc(C)ns1. The molecule has 0 saturated carbocycles. The molecule has 8 heteroatoms. The second kappa shape index (κ2) is 6.35. The summed E-state index contributed by atoms with van der Waals surface area (Å²) < 4.78 is 4.23. The van der Waals surface area contributed by atoms with E-state index in [2.05, 4.69) is 35.1 Å². The highest BCUT2D eigenvalue weighted by Crippen LogP contribution is 2.26. The van der Waals surface area contributed by atoms with Crippen molar-refractivity contribution in [2.45, 2.75) is 13.8 Å². The van der Waals surface area contributed by atoms with Crippen LogP contribution in [0.3, 0.4) is 0 Å². The third kappa shape index (κ3) is 3.29. The second-order valence-electron chi connectivity index (χ2n) is 4.70. The molecule has 0 aliphatic rings. The highest BCUT2D eigenvalue weighted by atomic mass is 32.1. The van der Waals surface area contributed by atoms with Crippen LogP contribution in [0.5, 0.6) is 0 Å². The minimum atomic E-state index is 0.694. The number of aromatic amines is 2. The fourth-order valence-corrected chi connectivity index (χ4v) is 2.59. The number of rotatable bonds is 5. The highest BCUT2D eigenvalue weighted by Gasteiger charge is 2.06. The number of hydrogen-bond donors (Lipinski definition) is 3. The van der Waals surface area contributed by atoms with Crippen molar-refractivity contribution in [3.63, 3.8) is 0 Å². The van der Waals surface area contributed by atoms with Crippen LogP contribution >= 0.6 is 11.5 Å². The van der Waals surface area contributed by atoms with E-state index in [0.717, 1.165) is 27.5 Å². The molecule has 0 bridgehead atoms. The van der Waals surface area contributed by atoms with E-state index in [9.17, 15) is 0 Å². The van der Waals surface area contributed by atoms with Crippen LogP contribution in [0, 0.1) is 6.92 Å². The Morgan fingerprint density at radius 2 is 2.27 bits per heavy atom. The topological polar surface area (TPSA) is 94.6 Å². The van der Waals surface area contributed by atoms with Gasteiger partial charge >= 0.3 is 0 Å². The van der Waals surface area contributed by atoms with Gasteiger partial charge in [0.05, 0.1) is 18.1 Å². The van der Waals surface area contributed by atoms with Crippen LogP contribution in [0.15, 0.2) is 41.4 Å². The Morgan fingerprint density at radius 1 is 1.36 bits per heavy atom. The van der Waals surface area contributed by atoms with E-state index in [1.54, 1.807) is 24.8 Å². The minimum Gasteiger partial charge on any atom is -0.350 e. The molecule has 3 aromatic rings. The summed E-state index contributed by atoms with van der Waals surface area (Å²) in [7, 11) is 0. The molecule has 3 rings (SSSR count). The molecule has 0 amide bonds. The Morgan fingerprint density at radius 3 is 3.00 bits per heavy atom. The molecule has 0 radical (unpaired) electrons. The van der Waals surface area contributed by atoms with E-state index < -0.39 is 0 Å². The molecule has 3 N–H and O–H groups in total. The number of nitrogens with one attached hydrogen (secondary N) is 3. The van der Waals surface area contributed by atoms with E-state index in [-0.39, 0.29) is 0 Å². The first kappa shape index (κ1) is 14.2. The van der Waals surface area contributed by atoms with Crippen molar-refractivity contribution in [2.24, 2.45) is 4.99 Å². The monoisotopic (exact) mass is 313 g/mol. The number of hydrogen-bond acceptors (Lipinski definition) is 6. The fourth-order valence-electron chi connectivity index (χ4n) is 1.87. The molecule has 22 heavy (non-hydrogen) atoms. The first-order valence-electron chi connectivity index (χ1n) is 6.66. The summed E-state index contributed by atoms with van der Waals surface area (Å²) in [6, 6.07) is 2.01. The normalized spacial score (nSPS) is 12.2. The van der Waals surface area contributed by atoms with Gasteiger partial charge in [-0.1, -0.05) is 0 Å². The fraction of sp³-hybridized carbons (Fsp3) is 0.143. The highest BCUT2D eigenvalue weighted by molar-refractivity contribution is 7.10. The van der Waals surface area contributed by atoms with Gasteiger partial charge in [0, 0.05) is 29.2 Å². The van der Waals surface area contributed by atoms with Gasteiger partial charge in [0.2, 0.25) is 0 Å². The molecule has 0 aliphatic carbocycles. The molecule has 0 spiro atoms. The van der Waals surface area contributed by atoms with E-state index in [1.807, 2.05) is 26.0 Å². The van der Waals surface area contributed by atoms with Gasteiger partial charge in [-0.25, -0.2) is 4.99 Å². The first-order chi connectivity index (χ1) is 10.7. The Hall–Kier alpha value is -2.74. The second-order valence-corrected chi connectivity index (χ2v) is 5.51. The molecule has 0 saturated heterocycles. The lowest BCUT2D eigenvalue weighted by Crippen LogP contribution is -1.92. The number of aliphatic imine (C=N–C) groups is 1. The Bertz CT molecular complexity index is 795. The Balaban J connectivity index is 1.69. The van der Waals surface area contributed by atoms with E-state index in [4.69, 9.17) is 0 Å². The number of aryl methyl sites for hydroxylation is 1. The van der Waals surface area contributed by atoms with E-state index in [0.29, 0.717) is 5.82 Å². The number of H-pyrrole nitrogens is 2. The maximum atomic E-state index is 4.40. The predicted octanol–water partition coefficient (Wildman–Crippen LogP) is 3.28. The standard InChI is InChI=1S/C14H15N7S/c1-9(19-13-5-10(2)21-22-13)3-4-15-14-12(8-18-20-14)11-6-16-17-7-11/h3-8,19H,1-2H3,(H,16,17)(H,18,20)/b9-3+,15-4-. The number of aromatic nitrogens is 5. The van der Waals surface area contributed by atoms with Crippen molar-refractivity contribution in [1.82, 2.24) is 24.8 Å². The summed E-state index contributed by atoms with van der Waals surface area (Å²) in [5.41, 5.74) is 3.84. The zero-order valence-corrected chi connectivity index (χ0v) is 13.0. The van der Waals surface area contributed by atoms with Crippen molar-refractivity contribution in [3.05, 3.63) is 42.1 Å². The average molecular weight is 313 g/mol. The van der Waals surface area contributed by atoms with Gasteiger partial charge in [-0.3, -0.25) is 10.2 Å². The van der Waals surface area contributed by atoms with Crippen molar-refractivity contribution < 1.29 is 0 Å². The van der Waals surface area contributed by atoms with Crippen molar-refractivity contribution in [2.75, 3.05) is 5.32 Å². The molecular formula is C14H15N7S. The van der Waals surface area contributed by atoms with Crippen molar-refractivity contribution in [1.29, 1.82) is 0 Å². The van der Waals surface area contributed by atoms with Crippen LogP contribution in [0.4, 0.5) is 10.8 Å². The largest absolute Gasteiger partial charge is 0.350 e. The molecule has 112 valence electrons. The summed E-state index contributed by atoms with van der Waals surface area (Å²) in [5, 5.41) is 17.9. The lowest BCUT2D eigenvalue weighted by atomic mass is 10.2. The summed E-state index contributed by atoms with van der Waals surface area (Å²) in [6.45, 7) is 3.95. The molecule has 3 heterocycles.